The van der Waals surface area contributed by atoms with Gasteiger partial charge in [-0.15, -0.1) is 24.0 Å². The number of nitrogens with one attached hydrogen (secondary N) is 1. The number of piperidine rings is 1. The van der Waals surface area contributed by atoms with Crippen molar-refractivity contribution in [3.8, 4) is 0 Å². The number of halogens is 1. The molecule has 2 rings (SSSR count). The van der Waals surface area contributed by atoms with Crippen LogP contribution in [0.25, 0.3) is 0 Å². The quantitative estimate of drug-likeness (QED) is 0.260. The van der Waals surface area contributed by atoms with Crippen LogP contribution >= 0.6 is 24.0 Å². The zero-order valence-electron chi connectivity index (χ0n) is 13.7. The number of nitro benzene ring substituents is 1. The van der Waals surface area contributed by atoms with Gasteiger partial charge in [0.2, 0.25) is 0 Å². The van der Waals surface area contributed by atoms with Crippen LogP contribution in [0, 0.1) is 16.0 Å². The summed E-state index contributed by atoms with van der Waals surface area (Å²) in [7, 11) is 0. The summed E-state index contributed by atoms with van der Waals surface area (Å²) in [5.74, 6) is 1.61. The van der Waals surface area contributed by atoms with Gasteiger partial charge in [-0.3, -0.25) is 10.1 Å². The summed E-state index contributed by atoms with van der Waals surface area (Å²) in [5, 5.41) is 14.4. The molecule has 0 radical (unpaired) electrons. The van der Waals surface area contributed by atoms with Crippen LogP contribution in [0.2, 0.25) is 0 Å². The molecule has 1 aliphatic rings. The molecule has 0 spiro atoms. The van der Waals surface area contributed by atoms with E-state index in [1.807, 2.05) is 13.0 Å². The first-order valence-electron chi connectivity index (χ1n) is 7.87. The van der Waals surface area contributed by atoms with Crippen LogP contribution in [0.1, 0.15) is 32.3 Å². The predicted molar refractivity (Wildman–Crippen MR) is 103 cm³/mol. The zero-order chi connectivity index (χ0) is 15.9. The molecule has 6 nitrogen and oxygen atoms in total. The number of guanidine groups is 1. The highest BCUT2D eigenvalue weighted by Crippen LogP contribution is 2.19. The van der Waals surface area contributed by atoms with E-state index in [0.717, 1.165) is 44.4 Å². The first-order valence-corrected chi connectivity index (χ1v) is 7.87. The SMILES string of the molecule is CCNC(=NCc1ccccc1[N+](=O)[O-])N1CCC(C)CC1.I. The van der Waals surface area contributed by atoms with Gasteiger partial charge in [0.25, 0.3) is 5.69 Å². The molecule has 0 atom stereocenters. The average Bonchev–Trinajstić information content (AvgIpc) is 2.52. The summed E-state index contributed by atoms with van der Waals surface area (Å²) in [6.45, 7) is 7.41. The maximum Gasteiger partial charge on any atom is 0.274 e. The van der Waals surface area contributed by atoms with E-state index in [1.165, 1.54) is 6.07 Å². The fourth-order valence-electron chi connectivity index (χ4n) is 2.63. The monoisotopic (exact) mass is 432 g/mol. The molecule has 0 aliphatic carbocycles. The van der Waals surface area contributed by atoms with Gasteiger partial charge in [0.1, 0.15) is 0 Å². The number of aliphatic imine (C=N–C) groups is 1. The minimum absolute atomic E-state index is 0. The van der Waals surface area contributed by atoms with Crippen molar-refractivity contribution in [2.24, 2.45) is 10.9 Å². The summed E-state index contributed by atoms with van der Waals surface area (Å²) >= 11 is 0. The predicted octanol–water partition coefficient (Wildman–Crippen LogP) is 3.41. The van der Waals surface area contributed by atoms with Crippen LogP contribution < -0.4 is 5.32 Å². The molecule has 1 aromatic carbocycles. The number of rotatable bonds is 4. The van der Waals surface area contributed by atoms with E-state index in [9.17, 15) is 10.1 Å². The Bertz CT molecular complexity index is 543. The summed E-state index contributed by atoms with van der Waals surface area (Å²) < 4.78 is 0. The molecule has 1 aliphatic heterocycles. The Hall–Kier alpha value is -1.38. The molecule has 0 amide bonds. The van der Waals surface area contributed by atoms with Gasteiger partial charge in [-0.05, 0) is 25.7 Å². The number of nitro groups is 1. The van der Waals surface area contributed by atoms with E-state index in [2.05, 4.69) is 22.1 Å². The molecule has 1 saturated heterocycles. The van der Waals surface area contributed by atoms with Crippen molar-refractivity contribution in [1.29, 1.82) is 0 Å². The number of para-hydroxylation sites is 1. The lowest BCUT2D eigenvalue weighted by Crippen LogP contribution is -2.45. The third-order valence-electron chi connectivity index (χ3n) is 4.01. The van der Waals surface area contributed by atoms with Gasteiger partial charge in [0, 0.05) is 25.7 Å². The number of nitrogens with zero attached hydrogens (tertiary/aromatic N) is 3. The van der Waals surface area contributed by atoms with Gasteiger partial charge in [-0.2, -0.15) is 0 Å². The molecular formula is C16H25IN4O2. The van der Waals surface area contributed by atoms with Gasteiger partial charge in [0.05, 0.1) is 17.0 Å². The summed E-state index contributed by atoms with van der Waals surface area (Å²) in [6, 6.07) is 6.79. The molecule has 0 unspecified atom stereocenters. The van der Waals surface area contributed by atoms with Gasteiger partial charge in [-0.25, -0.2) is 4.99 Å². The van der Waals surface area contributed by atoms with Crippen LogP contribution in [0.5, 0.6) is 0 Å². The van der Waals surface area contributed by atoms with E-state index in [-0.39, 0.29) is 34.6 Å². The van der Waals surface area contributed by atoms with Crippen molar-refractivity contribution in [1.82, 2.24) is 10.2 Å². The number of benzene rings is 1. The number of hydrogen-bond donors (Lipinski definition) is 1. The van der Waals surface area contributed by atoms with Crippen molar-refractivity contribution in [3.63, 3.8) is 0 Å². The Labute approximate surface area is 154 Å². The highest BCUT2D eigenvalue weighted by molar-refractivity contribution is 14.0. The Morgan fingerprint density at radius 2 is 2.04 bits per heavy atom. The highest BCUT2D eigenvalue weighted by atomic mass is 127. The Morgan fingerprint density at radius 3 is 2.65 bits per heavy atom. The Morgan fingerprint density at radius 1 is 1.39 bits per heavy atom. The average molecular weight is 432 g/mol. The maximum atomic E-state index is 11.1. The second-order valence-electron chi connectivity index (χ2n) is 5.73. The number of hydrogen-bond acceptors (Lipinski definition) is 3. The molecule has 0 saturated carbocycles. The lowest BCUT2D eigenvalue weighted by molar-refractivity contribution is -0.385. The minimum Gasteiger partial charge on any atom is -0.357 e. The van der Waals surface area contributed by atoms with E-state index in [0.29, 0.717) is 12.1 Å². The van der Waals surface area contributed by atoms with E-state index < -0.39 is 0 Å². The molecule has 1 fully saturated rings. The molecule has 0 aromatic heterocycles. The zero-order valence-corrected chi connectivity index (χ0v) is 16.0. The molecule has 0 bridgehead atoms. The van der Waals surface area contributed by atoms with Gasteiger partial charge in [0.15, 0.2) is 5.96 Å². The Kier molecular flexibility index (Phi) is 8.29. The van der Waals surface area contributed by atoms with Crippen LogP contribution in [-0.2, 0) is 6.54 Å². The van der Waals surface area contributed by atoms with Crippen molar-refractivity contribution in [2.45, 2.75) is 33.2 Å². The molecule has 7 heteroatoms. The summed E-state index contributed by atoms with van der Waals surface area (Å²) in [5.41, 5.74) is 0.780. The van der Waals surface area contributed by atoms with Crippen molar-refractivity contribution >= 4 is 35.6 Å². The fraction of sp³-hybridized carbons (Fsp3) is 0.562. The van der Waals surface area contributed by atoms with E-state index >= 15 is 0 Å². The molecular weight excluding hydrogens is 407 g/mol. The first kappa shape index (κ1) is 19.7. The second-order valence-corrected chi connectivity index (χ2v) is 5.73. The topological polar surface area (TPSA) is 70.8 Å². The van der Waals surface area contributed by atoms with Gasteiger partial charge >= 0.3 is 0 Å². The van der Waals surface area contributed by atoms with Crippen LogP contribution in [0.15, 0.2) is 29.3 Å². The third kappa shape index (κ3) is 5.63. The van der Waals surface area contributed by atoms with Gasteiger partial charge < -0.3 is 10.2 Å². The molecule has 23 heavy (non-hydrogen) atoms. The van der Waals surface area contributed by atoms with Crippen molar-refractivity contribution in [2.75, 3.05) is 19.6 Å². The second kappa shape index (κ2) is 9.69. The molecule has 1 N–H and O–H groups in total. The fourth-order valence-corrected chi connectivity index (χ4v) is 2.63. The largest absolute Gasteiger partial charge is 0.357 e. The number of likely N-dealkylation sites (tertiary alicyclic amines) is 1. The lowest BCUT2D eigenvalue weighted by Gasteiger charge is -2.33. The highest BCUT2D eigenvalue weighted by Gasteiger charge is 2.19. The normalized spacial score (nSPS) is 15.9. The smallest absolute Gasteiger partial charge is 0.274 e. The third-order valence-corrected chi connectivity index (χ3v) is 4.01. The van der Waals surface area contributed by atoms with Crippen LogP contribution in [-0.4, -0.2) is 35.4 Å². The summed E-state index contributed by atoms with van der Waals surface area (Å²) in [4.78, 5) is 17.6. The first-order chi connectivity index (χ1) is 10.6. The maximum absolute atomic E-state index is 11.1. The standard InChI is InChI=1S/C16H24N4O2.HI/c1-3-17-16(19-10-8-13(2)9-11-19)18-12-14-6-4-5-7-15(14)20(21)22;/h4-7,13H,3,8-12H2,1-2H3,(H,17,18);1H. The summed E-state index contributed by atoms with van der Waals surface area (Å²) in [6.07, 6.45) is 2.33. The molecule has 1 aromatic rings. The van der Waals surface area contributed by atoms with E-state index in [4.69, 9.17) is 0 Å². The molecule has 128 valence electrons. The minimum atomic E-state index is -0.347. The van der Waals surface area contributed by atoms with Gasteiger partial charge in [-0.1, -0.05) is 25.1 Å². The Balaban J connectivity index is 0.00000264. The van der Waals surface area contributed by atoms with Crippen molar-refractivity contribution in [3.05, 3.63) is 39.9 Å². The lowest BCUT2D eigenvalue weighted by atomic mass is 10.00. The van der Waals surface area contributed by atoms with Crippen LogP contribution in [0.4, 0.5) is 5.69 Å². The molecule has 1 heterocycles. The van der Waals surface area contributed by atoms with E-state index in [1.54, 1.807) is 12.1 Å². The van der Waals surface area contributed by atoms with Crippen molar-refractivity contribution < 1.29 is 4.92 Å². The van der Waals surface area contributed by atoms with Crippen LogP contribution in [0.3, 0.4) is 0 Å².